The molecule has 2 heterocycles. The zero-order chi connectivity index (χ0) is 21.4. The normalized spacial score (nSPS) is 16.4. The van der Waals surface area contributed by atoms with Gasteiger partial charge in [-0.2, -0.15) is 0 Å². The number of hydrogen-bond donors (Lipinski definition) is 1. The van der Waals surface area contributed by atoms with E-state index in [1.807, 2.05) is 30.3 Å². The lowest BCUT2D eigenvalue weighted by Gasteiger charge is -2.27. The molecular weight excluding hydrogens is 403 g/mol. The lowest BCUT2D eigenvalue weighted by Crippen LogP contribution is -2.30. The lowest BCUT2D eigenvalue weighted by molar-refractivity contribution is -0.130. The molecule has 1 aliphatic heterocycles. The minimum absolute atomic E-state index is 0.0417. The number of aliphatic hydroxyl groups is 1. The summed E-state index contributed by atoms with van der Waals surface area (Å²) in [5.41, 5.74) is 2.01. The van der Waals surface area contributed by atoms with Crippen molar-refractivity contribution >= 4 is 23.0 Å². The molecule has 1 N–H and O–H groups in total. The fraction of sp³-hybridized carbons (Fsp3) is 0.174. The number of aromatic nitrogens is 1. The fourth-order valence-electron chi connectivity index (χ4n) is 3.68. The minimum Gasteiger partial charge on any atom is -0.503 e. The fourth-order valence-corrected chi connectivity index (χ4v) is 4.56. The Hall–Kier alpha value is -3.32. The van der Waals surface area contributed by atoms with Gasteiger partial charge in [-0.3, -0.25) is 9.59 Å². The second kappa shape index (κ2) is 7.84. The number of nitrogens with zero attached hydrogens (tertiary/aromatic N) is 2. The molecule has 3 aromatic rings. The molecule has 0 bridgehead atoms. The molecule has 152 valence electrons. The van der Waals surface area contributed by atoms with Crippen LogP contribution >= 0.6 is 11.3 Å². The molecule has 1 amide bonds. The molecule has 0 saturated heterocycles. The van der Waals surface area contributed by atoms with Gasteiger partial charge in [-0.15, -0.1) is 11.3 Å². The van der Waals surface area contributed by atoms with Crippen molar-refractivity contribution in [3.63, 3.8) is 0 Å². The van der Waals surface area contributed by atoms with Gasteiger partial charge in [-0.05, 0) is 37.1 Å². The Balaban J connectivity index is 1.79. The van der Waals surface area contributed by atoms with Crippen molar-refractivity contribution in [1.82, 2.24) is 9.88 Å². The van der Waals surface area contributed by atoms with Crippen LogP contribution in [0.2, 0.25) is 0 Å². The molecule has 1 aliphatic rings. The number of amides is 1. The molecule has 30 heavy (non-hydrogen) atoms. The molecule has 0 spiro atoms. The summed E-state index contributed by atoms with van der Waals surface area (Å²) in [6, 6.07) is 14.1. The van der Waals surface area contributed by atoms with Crippen LogP contribution in [0.25, 0.3) is 0 Å². The number of carbonyl (C=O) groups is 2. The van der Waals surface area contributed by atoms with Gasteiger partial charge in [0.2, 0.25) is 5.78 Å². The van der Waals surface area contributed by atoms with E-state index in [2.05, 4.69) is 4.98 Å². The molecule has 1 unspecified atom stereocenters. The predicted molar refractivity (Wildman–Crippen MR) is 112 cm³/mol. The van der Waals surface area contributed by atoms with Crippen molar-refractivity contribution in [2.75, 3.05) is 0 Å². The Morgan fingerprint density at radius 3 is 2.40 bits per heavy atom. The van der Waals surface area contributed by atoms with Crippen LogP contribution in [0.1, 0.15) is 37.5 Å². The van der Waals surface area contributed by atoms with Gasteiger partial charge < -0.3 is 10.0 Å². The van der Waals surface area contributed by atoms with Crippen molar-refractivity contribution in [2.45, 2.75) is 26.4 Å². The number of ketones is 1. The average molecular weight is 422 g/mol. The maximum absolute atomic E-state index is 13.4. The highest BCUT2D eigenvalue weighted by Gasteiger charge is 2.44. The summed E-state index contributed by atoms with van der Waals surface area (Å²) < 4.78 is 13.3. The molecule has 1 atom stereocenters. The molecule has 1 aromatic heterocycles. The molecule has 0 aliphatic carbocycles. The maximum Gasteiger partial charge on any atom is 0.290 e. The number of aryl methyl sites for hydroxylation is 2. The van der Waals surface area contributed by atoms with Crippen LogP contribution in [-0.2, 0) is 11.3 Å². The predicted octanol–water partition coefficient (Wildman–Crippen LogP) is 4.68. The summed E-state index contributed by atoms with van der Waals surface area (Å²) in [6.07, 6.45) is 0. The van der Waals surface area contributed by atoms with Gasteiger partial charge in [0.05, 0.1) is 27.2 Å². The number of Topliss-reactive ketones (excluding diaryl/α,β-unsaturated/α-hetero) is 1. The van der Waals surface area contributed by atoms with Crippen molar-refractivity contribution in [3.05, 3.63) is 98.5 Å². The van der Waals surface area contributed by atoms with Crippen LogP contribution in [-0.4, -0.2) is 26.7 Å². The quantitative estimate of drug-likeness (QED) is 0.606. The average Bonchev–Trinajstić information content (AvgIpc) is 3.20. The topological polar surface area (TPSA) is 70.5 Å². The highest BCUT2D eigenvalue weighted by molar-refractivity contribution is 7.14. The van der Waals surface area contributed by atoms with E-state index in [9.17, 15) is 19.1 Å². The first kappa shape index (κ1) is 20.0. The largest absolute Gasteiger partial charge is 0.503 e. The first-order chi connectivity index (χ1) is 14.4. The highest BCUT2D eigenvalue weighted by Crippen LogP contribution is 2.40. The third-order valence-corrected chi connectivity index (χ3v) is 6.11. The number of rotatable bonds is 5. The molecule has 0 fully saturated rings. The summed E-state index contributed by atoms with van der Waals surface area (Å²) in [4.78, 5) is 32.5. The van der Waals surface area contributed by atoms with E-state index in [-0.39, 0.29) is 17.9 Å². The van der Waals surface area contributed by atoms with E-state index in [4.69, 9.17) is 0 Å². The van der Waals surface area contributed by atoms with Crippen LogP contribution in [0, 0.1) is 19.7 Å². The van der Waals surface area contributed by atoms with Gasteiger partial charge in [0.25, 0.3) is 5.91 Å². The van der Waals surface area contributed by atoms with Gasteiger partial charge in [-0.1, -0.05) is 42.5 Å². The Labute approximate surface area is 177 Å². The zero-order valence-electron chi connectivity index (χ0n) is 16.4. The summed E-state index contributed by atoms with van der Waals surface area (Å²) in [7, 11) is 0. The Bertz CT molecular complexity index is 1150. The van der Waals surface area contributed by atoms with Crippen molar-refractivity contribution in [1.29, 1.82) is 0 Å². The third-order valence-electron chi connectivity index (χ3n) is 5.04. The van der Waals surface area contributed by atoms with Gasteiger partial charge >= 0.3 is 0 Å². The second-order valence-electron chi connectivity index (χ2n) is 7.11. The molecule has 4 rings (SSSR count). The van der Waals surface area contributed by atoms with Crippen LogP contribution in [0.4, 0.5) is 4.39 Å². The van der Waals surface area contributed by atoms with E-state index in [0.29, 0.717) is 21.7 Å². The molecular formula is C23H19FN2O3S. The minimum atomic E-state index is -0.752. The first-order valence-electron chi connectivity index (χ1n) is 9.39. The van der Waals surface area contributed by atoms with Gasteiger partial charge in [-0.25, -0.2) is 9.37 Å². The van der Waals surface area contributed by atoms with E-state index in [1.54, 1.807) is 26.0 Å². The van der Waals surface area contributed by atoms with E-state index in [0.717, 1.165) is 5.01 Å². The molecule has 2 aromatic carbocycles. The van der Waals surface area contributed by atoms with Crippen LogP contribution < -0.4 is 0 Å². The molecule has 7 heteroatoms. The number of carbonyl (C=O) groups excluding carboxylic acids is 2. The summed E-state index contributed by atoms with van der Waals surface area (Å²) in [6.45, 7) is 3.66. The van der Waals surface area contributed by atoms with Crippen molar-refractivity contribution < 1.29 is 19.1 Å². The number of benzene rings is 2. The SMILES string of the molecule is Cc1nc(C)c(C(=O)C2=C(O)C(=O)N(Cc3ccc(F)cc3)C2c2ccccc2)s1. The smallest absolute Gasteiger partial charge is 0.290 e. The maximum atomic E-state index is 13.4. The van der Waals surface area contributed by atoms with Crippen LogP contribution in [0.3, 0.4) is 0 Å². The summed E-state index contributed by atoms with van der Waals surface area (Å²) in [5.74, 6) is -1.96. The lowest BCUT2D eigenvalue weighted by atomic mass is 9.95. The Morgan fingerprint density at radius 1 is 1.13 bits per heavy atom. The number of aliphatic hydroxyl groups excluding tert-OH is 1. The Morgan fingerprint density at radius 2 is 1.80 bits per heavy atom. The van der Waals surface area contributed by atoms with Gasteiger partial charge in [0.15, 0.2) is 5.76 Å². The van der Waals surface area contributed by atoms with Gasteiger partial charge in [0, 0.05) is 6.54 Å². The Kier molecular flexibility index (Phi) is 5.22. The molecule has 0 radical (unpaired) electrons. The van der Waals surface area contributed by atoms with E-state index < -0.39 is 23.5 Å². The van der Waals surface area contributed by atoms with Crippen LogP contribution in [0.15, 0.2) is 65.9 Å². The van der Waals surface area contributed by atoms with E-state index in [1.165, 1.54) is 28.4 Å². The number of halogens is 1. The van der Waals surface area contributed by atoms with Crippen molar-refractivity contribution in [3.8, 4) is 0 Å². The molecule has 5 nitrogen and oxygen atoms in total. The third kappa shape index (κ3) is 3.52. The number of hydrogen-bond acceptors (Lipinski definition) is 5. The first-order valence-corrected chi connectivity index (χ1v) is 10.2. The van der Waals surface area contributed by atoms with Crippen molar-refractivity contribution in [2.24, 2.45) is 0 Å². The highest BCUT2D eigenvalue weighted by atomic mass is 32.1. The molecule has 0 saturated carbocycles. The van der Waals surface area contributed by atoms with Gasteiger partial charge in [0.1, 0.15) is 5.82 Å². The van der Waals surface area contributed by atoms with Crippen LogP contribution in [0.5, 0.6) is 0 Å². The summed E-state index contributed by atoms with van der Waals surface area (Å²) in [5, 5.41) is 11.4. The monoisotopic (exact) mass is 422 g/mol. The number of thiazole rings is 1. The van der Waals surface area contributed by atoms with E-state index >= 15 is 0 Å². The second-order valence-corrected chi connectivity index (χ2v) is 8.31. The summed E-state index contributed by atoms with van der Waals surface area (Å²) >= 11 is 1.24. The standard InChI is InChI=1S/C23H19FN2O3S/c1-13-22(30-14(2)25-13)20(27)18-19(16-6-4-3-5-7-16)26(23(29)21(18)28)12-15-8-10-17(24)11-9-15/h3-11,19,28H,12H2,1-2H3. The zero-order valence-corrected chi connectivity index (χ0v) is 17.2.